The van der Waals surface area contributed by atoms with E-state index >= 15 is 0 Å². The largest absolute Gasteiger partial charge is 0.374 e. The van der Waals surface area contributed by atoms with Gasteiger partial charge in [-0.1, -0.05) is 43.2 Å². The van der Waals surface area contributed by atoms with E-state index in [4.69, 9.17) is 4.74 Å². The van der Waals surface area contributed by atoms with E-state index in [0.29, 0.717) is 32.4 Å². The highest BCUT2D eigenvalue weighted by atomic mass is 16.5. The van der Waals surface area contributed by atoms with E-state index in [9.17, 15) is 9.59 Å². The van der Waals surface area contributed by atoms with Gasteiger partial charge in [0.1, 0.15) is 0 Å². The lowest BCUT2D eigenvalue weighted by Crippen LogP contribution is -2.54. The predicted molar refractivity (Wildman–Crippen MR) is 88.3 cm³/mol. The minimum absolute atomic E-state index is 0.121. The van der Waals surface area contributed by atoms with Crippen molar-refractivity contribution in [2.24, 2.45) is 0 Å². The molecule has 1 aromatic rings. The van der Waals surface area contributed by atoms with Crippen LogP contribution in [0.5, 0.6) is 0 Å². The molecule has 0 radical (unpaired) electrons. The van der Waals surface area contributed by atoms with Crippen LogP contribution in [0.2, 0.25) is 0 Å². The quantitative estimate of drug-likeness (QED) is 0.784. The van der Waals surface area contributed by atoms with E-state index in [2.05, 4.69) is 0 Å². The molecule has 0 spiro atoms. The molecule has 1 aliphatic carbocycles. The third-order valence-corrected chi connectivity index (χ3v) is 4.94. The molecule has 2 fully saturated rings. The monoisotopic (exact) mass is 315 g/mol. The van der Waals surface area contributed by atoms with Gasteiger partial charge in [-0.05, 0) is 19.3 Å². The molecule has 3 rings (SSSR count). The zero-order chi connectivity index (χ0) is 16.1. The van der Waals surface area contributed by atoms with Crippen molar-refractivity contribution in [2.45, 2.75) is 57.1 Å². The van der Waals surface area contributed by atoms with Gasteiger partial charge in [-0.25, -0.2) is 0 Å². The first kappa shape index (κ1) is 16.2. The van der Waals surface area contributed by atoms with Crippen LogP contribution in [0.1, 0.15) is 55.3 Å². The summed E-state index contributed by atoms with van der Waals surface area (Å²) in [7, 11) is 0. The molecule has 4 nitrogen and oxygen atoms in total. The maximum absolute atomic E-state index is 12.5. The minimum atomic E-state index is 0.121. The highest BCUT2D eigenvalue weighted by Crippen LogP contribution is 2.29. The zero-order valence-electron chi connectivity index (χ0n) is 13.6. The topological polar surface area (TPSA) is 46.6 Å². The average molecular weight is 315 g/mol. The van der Waals surface area contributed by atoms with Gasteiger partial charge in [-0.15, -0.1) is 0 Å². The number of nitrogens with zero attached hydrogens (tertiary/aromatic N) is 1. The molecule has 0 bridgehead atoms. The second-order valence-corrected chi connectivity index (χ2v) is 6.49. The van der Waals surface area contributed by atoms with Crippen molar-refractivity contribution in [2.75, 3.05) is 13.2 Å². The number of morpholine rings is 1. The smallest absolute Gasteiger partial charge is 0.222 e. The first-order valence-electron chi connectivity index (χ1n) is 8.75. The summed E-state index contributed by atoms with van der Waals surface area (Å²) in [5.41, 5.74) is 0.735. The van der Waals surface area contributed by atoms with Gasteiger partial charge in [0.2, 0.25) is 5.91 Å². The standard InChI is InChI=1S/C19H25NO3/c21-17(15-7-2-1-3-8-15)10-6-12-19(22)20-13-14-23-18-11-5-4-9-16(18)20/h1-3,7-8,16,18H,4-6,9-14H2/t16-,18-/m1/s1. The van der Waals surface area contributed by atoms with Gasteiger partial charge in [0, 0.05) is 24.9 Å². The fraction of sp³-hybridized carbons (Fsp3) is 0.579. The molecule has 0 unspecified atom stereocenters. The van der Waals surface area contributed by atoms with E-state index < -0.39 is 0 Å². The van der Waals surface area contributed by atoms with Crippen LogP contribution in [0.3, 0.4) is 0 Å². The Kier molecular flexibility index (Phi) is 5.44. The Morgan fingerprint density at radius 1 is 1.09 bits per heavy atom. The van der Waals surface area contributed by atoms with Gasteiger partial charge >= 0.3 is 0 Å². The van der Waals surface area contributed by atoms with E-state index in [1.165, 1.54) is 12.8 Å². The number of ether oxygens (including phenoxy) is 1. The molecule has 23 heavy (non-hydrogen) atoms. The van der Waals surface area contributed by atoms with Crippen molar-refractivity contribution in [3.05, 3.63) is 35.9 Å². The highest BCUT2D eigenvalue weighted by Gasteiger charge is 2.36. The second-order valence-electron chi connectivity index (χ2n) is 6.49. The van der Waals surface area contributed by atoms with E-state index in [1.54, 1.807) is 0 Å². The van der Waals surface area contributed by atoms with Crippen molar-refractivity contribution < 1.29 is 14.3 Å². The maximum Gasteiger partial charge on any atom is 0.222 e. The number of carbonyl (C=O) groups excluding carboxylic acids is 2. The van der Waals surface area contributed by atoms with Crippen LogP contribution in [0.4, 0.5) is 0 Å². The van der Waals surface area contributed by atoms with Crippen molar-refractivity contribution >= 4 is 11.7 Å². The second kappa shape index (κ2) is 7.73. The van der Waals surface area contributed by atoms with Crippen LogP contribution >= 0.6 is 0 Å². The molecule has 2 aliphatic rings. The summed E-state index contributed by atoms with van der Waals surface area (Å²) in [5, 5.41) is 0. The summed E-state index contributed by atoms with van der Waals surface area (Å²) in [5.74, 6) is 0.307. The highest BCUT2D eigenvalue weighted by molar-refractivity contribution is 5.96. The molecule has 0 aromatic heterocycles. The van der Waals surface area contributed by atoms with Gasteiger partial charge in [0.25, 0.3) is 0 Å². The number of benzene rings is 1. The van der Waals surface area contributed by atoms with Crippen LogP contribution in [0, 0.1) is 0 Å². The van der Waals surface area contributed by atoms with E-state index in [0.717, 1.165) is 18.4 Å². The number of Topliss-reactive ketones (excluding diaryl/α,β-unsaturated/α-hetero) is 1. The van der Waals surface area contributed by atoms with Crippen molar-refractivity contribution in [3.8, 4) is 0 Å². The number of amides is 1. The van der Waals surface area contributed by atoms with Gasteiger partial charge in [-0.3, -0.25) is 9.59 Å². The summed E-state index contributed by atoms with van der Waals surface area (Å²) in [4.78, 5) is 26.6. The lowest BCUT2D eigenvalue weighted by Gasteiger charge is -2.43. The Labute approximate surface area is 137 Å². The van der Waals surface area contributed by atoms with Crippen LogP contribution < -0.4 is 0 Å². The third kappa shape index (κ3) is 3.99. The number of fused-ring (bicyclic) bond motifs is 1. The maximum atomic E-state index is 12.5. The number of ketones is 1. The molecule has 1 aliphatic heterocycles. The fourth-order valence-corrected chi connectivity index (χ4v) is 3.72. The van der Waals surface area contributed by atoms with Gasteiger partial charge in [0.05, 0.1) is 18.8 Å². The molecular formula is C19H25NO3. The third-order valence-electron chi connectivity index (χ3n) is 4.94. The van der Waals surface area contributed by atoms with Crippen molar-refractivity contribution in [1.82, 2.24) is 4.90 Å². The normalized spacial score (nSPS) is 24.1. The van der Waals surface area contributed by atoms with Gasteiger partial charge in [-0.2, -0.15) is 0 Å². The molecule has 1 amide bonds. The molecule has 1 saturated carbocycles. The molecule has 4 heteroatoms. The average Bonchev–Trinajstić information content (AvgIpc) is 2.61. The number of hydrogen-bond acceptors (Lipinski definition) is 3. The summed E-state index contributed by atoms with van der Waals surface area (Å²) in [6, 6.07) is 9.57. The Morgan fingerprint density at radius 2 is 1.87 bits per heavy atom. The first-order valence-corrected chi connectivity index (χ1v) is 8.75. The molecular weight excluding hydrogens is 290 g/mol. The predicted octanol–water partition coefficient (Wildman–Crippen LogP) is 3.21. The fourth-order valence-electron chi connectivity index (χ4n) is 3.72. The SMILES string of the molecule is O=C(CCCC(=O)N1CCO[C@@H]2CCCC[C@H]21)c1ccccc1. The summed E-state index contributed by atoms with van der Waals surface area (Å²) < 4.78 is 5.81. The number of carbonyl (C=O) groups is 2. The van der Waals surface area contributed by atoms with Crippen molar-refractivity contribution in [1.29, 1.82) is 0 Å². The molecule has 1 saturated heterocycles. The molecule has 1 heterocycles. The lowest BCUT2D eigenvalue weighted by atomic mass is 9.90. The van der Waals surface area contributed by atoms with Gasteiger partial charge in [0.15, 0.2) is 5.78 Å². The number of hydrogen-bond donors (Lipinski definition) is 0. The Balaban J connectivity index is 1.48. The Hall–Kier alpha value is -1.68. The van der Waals surface area contributed by atoms with Crippen LogP contribution in [-0.2, 0) is 9.53 Å². The summed E-state index contributed by atoms with van der Waals surface area (Å²) in [6.45, 7) is 1.35. The molecule has 0 N–H and O–H groups in total. The number of rotatable bonds is 5. The molecule has 124 valence electrons. The minimum Gasteiger partial charge on any atom is -0.374 e. The Morgan fingerprint density at radius 3 is 2.70 bits per heavy atom. The molecule has 1 aromatic carbocycles. The summed E-state index contributed by atoms with van der Waals surface area (Å²) in [6.07, 6.45) is 6.26. The lowest BCUT2D eigenvalue weighted by molar-refractivity contribution is -0.149. The first-order chi connectivity index (χ1) is 11.3. The van der Waals surface area contributed by atoms with Crippen LogP contribution in [-0.4, -0.2) is 41.9 Å². The molecule has 2 atom stereocenters. The van der Waals surface area contributed by atoms with E-state index in [1.807, 2.05) is 35.2 Å². The van der Waals surface area contributed by atoms with Crippen LogP contribution in [0.25, 0.3) is 0 Å². The zero-order valence-corrected chi connectivity index (χ0v) is 13.6. The Bertz CT molecular complexity index is 541. The van der Waals surface area contributed by atoms with Crippen LogP contribution in [0.15, 0.2) is 30.3 Å². The van der Waals surface area contributed by atoms with E-state index in [-0.39, 0.29) is 23.8 Å². The van der Waals surface area contributed by atoms with Crippen molar-refractivity contribution in [3.63, 3.8) is 0 Å². The van der Waals surface area contributed by atoms with Gasteiger partial charge < -0.3 is 9.64 Å². The summed E-state index contributed by atoms with van der Waals surface area (Å²) >= 11 is 0.